The van der Waals surface area contributed by atoms with Crippen LogP contribution in [0.4, 0.5) is 0 Å². The molecule has 2 aliphatic heterocycles. The SMILES string of the molecule is CC[C@@]1(O)C(=O)OCc2c1cc1n(c2=O)Cc2cc3c(CNC(C)C)c(O)ccc3nc2-1. The van der Waals surface area contributed by atoms with E-state index >= 15 is 0 Å². The number of cyclic esters (lactones) is 1. The van der Waals surface area contributed by atoms with Crippen LogP contribution in [0.25, 0.3) is 22.3 Å². The van der Waals surface area contributed by atoms with E-state index in [9.17, 15) is 19.8 Å². The lowest BCUT2D eigenvalue weighted by atomic mass is 9.86. The third-order valence-corrected chi connectivity index (χ3v) is 6.47. The van der Waals surface area contributed by atoms with E-state index in [1.165, 1.54) is 0 Å². The summed E-state index contributed by atoms with van der Waals surface area (Å²) in [4.78, 5) is 30.4. The van der Waals surface area contributed by atoms with Gasteiger partial charge in [0.05, 0.1) is 29.0 Å². The summed E-state index contributed by atoms with van der Waals surface area (Å²) in [5.74, 6) is -0.543. The normalized spacial score (nSPS) is 19.1. The minimum absolute atomic E-state index is 0.102. The fraction of sp³-hybridized carbons (Fsp3) is 0.375. The van der Waals surface area contributed by atoms with Crippen LogP contribution >= 0.6 is 0 Å². The van der Waals surface area contributed by atoms with Crippen LogP contribution in [0.15, 0.2) is 29.1 Å². The molecule has 0 unspecified atom stereocenters. The number of carbonyl (C=O) groups is 1. The number of nitrogens with zero attached hydrogens (tertiary/aromatic N) is 2. The molecule has 0 fully saturated rings. The molecule has 0 radical (unpaired) electrons. The van der Waals surface area contributed by atoms with Crippen LogP contribution in [0.2, 0.25) is 0 Å². The molecule has 166 valence electrons. The van der Waals surface area contributed by atoms with Crippen molar-refractivity contribution in [3.63, 3.8) is 0 Å². The number of fused-ring (bicyclic) bond motifs is 5. The molecule has 4 heterocycles. The number of ether oxygens (including phenoxy) is 1. The van der Waals surface area contributed by atoms with Crippen LogP contribution in [0.3, 0.4) is 0 Å². The average Bonchev–Trinajstić information content (AvgIpc) is 3.12. The number of hydrogen-bond acceptors (Lipinski definition) is 7. The number of esters is 1. The summed E-state index contributed by atoms with van der Waals surface area (Å²) < 4.78 is 6.72. The molecule has 3 aromatic rings. The van der Waals surface area contributed by atoms with Crippen molar-refractivity contribution < 1.29 is 19.7 Å². The van der Waals surface area contributed by atoms with E-state index in [0.29, 0.717) is 41.1 Å². The van der Waals surface area contributed by atoms with Gasteiger partial charge in [0.15, 0.2) is 5.60 Å². The predicted molar refractivity (Wildman–Crippen MR) is 118 cm³/mol. The minimum Gasteiger partial charge on any atom is -0.508 e. The van der Waals surface area contributed by atoms with Gasteiger partial charge in [-0.15, -0.1) is 0 Å². The highest BCUT2D eigenvalue weighted by molar-refractivity contribution is 5.89. The second-order valence-corrected chi connectivity index (χ2v) is 8.76. The Hall–Kier alpha value is -3.23. The average molecular weight is 435 g/mol. The molecular weight excluding hydrogens is 410 g/mol. The number of carbonyl (C=O) groups excluding carboxylic acids is 1. The molecule has 2 aromatic heterocycles. The van der Waals surface area contributed by atoms with Gasteiger partial charge in [-0.3, -0.25) is 4.79 Å². The maximum Gasteiger partial charge on any atom is 0.343 e. The molecule has 8 heteroatoms. The number of phenols is 1. The van der Waals surface area contributed by atoms with Crippen LogP contribution in [-0.4, -0.2) is 31.8 Å². The first-order valence-electron chi connectivity index (χ1n) is 10.8. The number of pyridine rings is 2. The molecule has 2 aliphatic rings. The zero-order valence-electron chi connectivity index (χ0n) is 18.2. The minimum atomic E-state index is -1.84. The topological polar surface area (TPSA) is 114 Å². The Morgan fingerprint density at radius 2 is 2.06 bits per heavy atom. The molecule has 3 N–H and O–H groups in total. The zero-order chi connectivity index (χ0) is 22.8. The van der Waals surface area contributed by atoms with Crippen LogP contribution in [0.5, 0.6) is 5.75 Å². The highest BCUT2D eigenvalue weighted by Gasteiger charge is 2.45. The molecule has 5 rings (SSSR count). The smallest absolute Gasteiger partial charge is 0.343 e. The molecular formula is C24H25N3O5. The van der Waals surface area contributed by atoms with Gasteiger partial charge >= 0.3 is 5.97 Å². The summed E-state index contributed by atoms with van der Waals surface area (Å²) in [6.07, 6.45) is 0.102. The van der Waals surface area contributed by atoms with E-state index < -0.39 is 11.6 Å². The van der Waals surface area contributed by atoms with Gasteiger partial charge in [0.2, 0.25) is 0 Å². The van der Waals surface area contributed by atoms with E-state index in [1.54, 1.807) is 29.7 Å². The van der Waals surface area contributed by atoms with E-state index in [0.717, 1.165) is 16.5 Å². The van der Waals surface area contributed by atoms with E-state index in [4.69, 9.17) is 9.72 Å². The lowest BCUT2D eigenvalue weighted by Crippen LogP contribution is -2.44. The molecule has 1 aromatic carbocycles. The molecule has 0 aliphatic carbocycles. The molecule has 0 amide bonds. The van der Waals surface area contributed by atoms with Crippen molar-refractivity contribution in [1.82, 2.24) is 14.9 Å². The Kier molecular flexibility index (Phi) is 4.61. The monoisotopic (exact) mass is 435 g/mol. The molecule has 0 spiro atoms. The number of hydrogen-bond donors (Lipinski definition) is 3. The first kappa shape index (κ1) is 20.7. The van der Waals surface area contributed by atoms with Crippen LogP contribution in [0.1, 0.15) is 49.4 Å². The maximum atomic E-state index is 13.3. The van der Waals surface area contributed by atoms with Crippen molar-refractivity contribution >= 4 is 16.9 Å². The number of aliphatic hydroxyl groups is 1. The van der Waals surface area contributed by atoms with Gasteiger partial charge in [-0.1, -0.05) is 20.8 Å². The Labute approximate surface area is 184 Å². The lowest BCUT2D eigenvalue weighted by Gasteiger charge is -2.31. The lowest BCUT2D eigenvalue weighted by molar-refractivity contribution is -0.172. The summed E-state index contributed by atoms with van der Waals surface area (Å²) >= 11 is 0. The van der Waals surface area contributed by atoms with Gasteiger partial charge in [-0.05, 0) is 30.7 Å². The quantitative estimate of drug-likeness (QED) is 0.422. The van der Waals surface area contributed by atoms with Gasteiger partial charge < -0.3 is 24.8 Å². The molecule has 0 saturated heterocycles. The third-order valence-electron chi connectivity index (χ3n) is 6.47. The van der Waals surface area contributed by atoms with Gasteiger partial charge in [0, 0.05) is 34.7 Å². The Balaban J connectivity index is 1.70. The predicted octanol–water partition coefficient (Wildman–Crippen LogP) is 2.28. The molecule has 1 atom stereocenters. The Morgan fingerprint density at radius 3 is 2.78 bits per heavy atom. The zero-order valence-corrected chi connectivity index (χ0v) is 18.2. The van der Waals surface area contributed by atoms with Crippen LogP contribution < -0.4 is 10.9 Å². The summed E-state index contributed by atoms with van der Waals surface area (Å²) in [5, 5.41) is 25.6. The number of rotatable bonds is 4. The first-order chi connectivity index (χ1) is 15.2. The summed E-state index contributed by atoms with van der Waals surface area (Å²) in [7, 11) is 0. The van der Waals surface area contributed by atoms with E-state index in [-0.39, 0.29) is 30.4 Å². The second kappa shape index (κ2) is 7.15. The third kappa shape index (κ3) is 2.87. The Bertz CT molecular complexity index is 1340. The van der Waals surface area contributed by atoms with Crippen LogP contribution in [0, 0.1) is 0 Å². The molecule has 0 saturated carbocycles. The van der Waals surface area contributed by atoms with Gasteiger partial charge in [0.25, 0.3) is 5.56 Å². The summed E-state index contributed by atoms with van der Waals surface area (Å²) in [6.45, 7) is 6.42. The van der Waals surface area contributed by atoms with Gasteiger partial charge in [-0.25, -0.2) is 9.78 Å². The molecule has 8 nitrogen and oxygen atoms in total. The van der Waals surface area contributed by atoms with E-state index in [2.05, 4.69) is 5.32 Å². The second-order valence-electron chi connectivity index (χ2n) is 8.76. The maximum absolute atomic E-state index is 13.3. The number of benzene rings is 1. The van der Waals surface area contributed by atoms with Crippen molar-refractivity contribution in [2.45, 2.75) is 58.5 Å². The van der Waals surface area contributed by atoms with Crippen molar-refractivity contribution in [2.75, 3.05) is 0 Å². The van der Waals surface area contributed by atoms with Crippen molar-refractivity contribution in [3.8, 4) is 17.1 Å². The summed E-state index contributed by atoms with van der Waals surface area (Å²) in [6, 6.07) is 7.30. The van der Waals surface area contributed by atoms with Gasteiger partial charge in [-0.2, -0.15) is 0 Å². The number of nitrogens with one attached hydrogen (secondary N) is 1. The first-order valence-corrected chi connectivity index (χ1v) is 10.8. The van der Waals surface area contributed by atoms with E-state index in [1.807, 2.05) is 19.9 Å². The summed E-state index contributed by atoms with van der Waals surface area (Å²) in [5.41, 5.74) is 1.99. The standard InChI is InChI=1S/C24H25N3O5/c1-4-24(31)17-8-19-21-13(10-27(19)22(29)16(17)11-32-23(24)30)7-14-15(9-25-12(2)3)20(28)6-5-18(14)26-21/h5-8,12,25,28,31H,4,9-11H2,1-3H3/t24-/m0/s1. The highest BCUT2D eigenvalue weighted by Crippen LogP contribution is 2.39. The Morgan fingerprint density at radius 1 is 1.28 bits per heavy atom. The number of phenolic OH excluding ortho intramolecular Hbond substituents is 1. The molecule has 0 bridgehead atoms. The van der Waals surface area contributed by atoms with Gasteiger partial charge in [0.1, 0.15) is 12.4 Å². The number of aromatic hydroxyl groups is 1. The van der Waals surface area contributed by atoms with Crippen molar-refractivity contribution in [3.05, 3.63) is 56.9 Å². The van der Waals surface area contributed by atoms with Crippen molar-refractivity contribution in [2.24, 2.45) is 0 Å². The fourth-order valence-corrected chi connectivity index (χ4v) is 4.59. The highest BCUT2D eigenvalue weighted by atomic mass is 16.6. The van der Waals surface area contributed by atoms with Crippen molar-refractivity contribution in [1.29, 1.82) is 0 Å². The van der Waals surface area contributed by atoms with Crippen LogP contribution in [-0.2, 0) is 34.8 Å². The molecule has 32 heavy (non-hydrogen) atoms. The fourth-order valence-electron chi connectivity index (χ4n) is 4.59. The number of aromatic nitrogens is 2. The largest absolute Gasteiger partial charge is 0.508 e.